The maximum atomic E-state index is 13.2. The molecule has 1 amide bonds. The van der Waals surface area contributed by atoms with E-state index in [-0.39, 0.29) is 12.1 Å². The molecule has 2 aromatic rings. The molecular formula is C22H30Cl2N4O. The Labute approximate surface area is 183 Å². The summed E-state index contributed by atoms with van der Waals surface area (Å²) < 4.78 is 2.11. The number of benzene rings is 1. The third kappa shape index (κ3) is 4.26. The van der Waals surface area contributed by atoms with E-state index in [0.29, 0.717) is 21.6 Å². The van der Waals surface area contributed by atoms with E-state index in [4.69, 9.17) is 28.2 Å². The summed E-state index contributed by atoms with van der Waals surface area (Å²) in [4.78, 5) is 21.9. The molecule has 0 spiro atoms. The number of aryl methyl sites for hydroxylation is 1. The van der Waals surface area contributed by atoms with Gasteiger partial charge in [0.25, 0.3) is 5.91 Å². The minimum Gasteiger partial charge on any atom is -0.322 e. The van der Waals surface area contributed by atoms with Crippen molar-refractivity contribution >= 4 is 40.6 Å². The SMILES string of the molecule is CCCCCCCn1c(CC)nc2c1C(=O)N(C)C(C)N2c1ccc(Cl)cc1Cl. The van der Waals surface area contributed by atoms with Crippen LogP contribution in [0.1, 0.15) is 69.2 Å². The minimum atomic E-state index is -0.203. The normalized spacial score (nSPS) is 16.5. The van der Waals surface area contributed by atoms with Crippen molar-refractivity contribution in [2.45, 2.75) is 72.0 Å². The lowest BCUT2D eigenvalue weighted by atomic mass is 10.1. The van der Waals surface area contributed by atoms with E-state index >= 15 is 0 Å². The molecular weight excluding hydrogens is 407 g/mol. The summed E-state index contributed by atoms with van der Waals surface area (Å²) in [6.07, 6.45) is 6.48. The molecule has 0 saturated carbocycles. The smallest absolute Gasteiger partial charge is 0.275 e. The Morgan fingerprint density at radius 1 is 1.10 bits per heavy atom. The van der Waals surface area contributed by atoms with Gasteiger partial charge in [0.1, 0.15) is 12.0 Å². The molecule has 29 heavy (non-hydrogen) atoms. The van der Waals surface area contributed by atoms with Gasteiger partial charge in [0.05, 0.1) is 10.7 Å². The summed E-state index contributed by atoms with van der Waals surface area (Å²) in [6.45, 7) is 7.10. The molecule has 158 valence electrons. The van der Waals surface area contributed by atoms with E-state index < -0.39 is 0 Å². The van der Waals surface area contributed by atoms with Crippen LogP contribution < -0.4 is 4.90 Å². The number of hydrogen-bond donors (Lipinski definition) is 0. The van der Waals surface area contributed by atoms with E-state index in [9.17, 15) is 4.79 Å². The third-order valence-electron chi connectivity index (χ3n) is 5.68. The van der Waals surface area contributed by atoms with Gasteiger partial charge in [-0.1, -0.05) is 62.7 Å². The van der Waals surface area contributed by atoms with E-state index in [1.807, 2.05) is 31.0 Å². The van der Waals surface area contributed by atoms with Gasteiger partial charge in [0, 0.05) is 25.0 Å². The summed E-state index contributed by atoms with van der Waals surface area (Å²) in [5.41, 5.74) is 1.46. The zero-order valence-electron chi connectivity index (χ0n) is 17.7. The molecule has 1 unspecified atom stereocenters. The number of nitrogens with zero attached hydrogens (tertiary/aromatic N) is 4. The highest BCUT2D eigenvalue weighted by Gasteiger charge is 2.39. The van der Waals surface area contributed by atoms with Crippen molar-refractivity contribution in [3.63, 3.8) is 0 Å². The molecule has 0 radical (unpaired) electrons. The zero-order valence-corrected chi connectivity index (χ0v) is 19.2. The highest BCUT2D eigenvalue weighted by Crippen LogP contribution is 2.40. The Bertz CT molecular complexity index is 880. The van der Waals surface area contributed by atoms with Gasteiger partial charge in [-0.15, -0.1) is 0 Å². The third-order valence-corrected chi connectivity index (χ3v) is 6.22. The van der Waals surface area contributed by atoms with Crippen molar-refractivity contribution < 1.29 is 4.79 Å². The predicted octanol–water partition coefficient (Wildman–Crippen LogP) is 6.29. The van der Waals surface area contributed by atoms with Crippen molar-refractivity contribution in [2.75, 3.05) is 11.9 Å². The van der Waals surface area contributed by atoms with Crippen molar-refractivity contribution in [1.29, 1.82) is 0 Å². The van der Waals surface area contributed by atoms with Crippen molar-refractivity contribution in [3.05, 3.63) is 39.8 Å². The average Bonchev–Trinajstić information content (AvgIpc) is 3.06. The number of carbonyl (C=O) groups is 1. The summed E-state index contributed by atoms with van der Waals surface area (Å²) in [5.74, 6) is 1.64. The first-order valence-corrected chi connectivity index (χ1v) is 11.3. The Hall–Kier alpha value is -1.72. The van der Waals surface area contributed by atoms with E-state index in [1.54, 1.807) is 11.0 Å². The molecule has 0 fully saturated rings. The molecule has 0 bridgehead atoms. The van der Waals surface area contributed by atoms with E-state index in [1.165, 1.54) is 19.3 Å². The second kappa shape index (κ2) is 9.40. The molecule has 1 aromatic heterocycles. The van der Waals surface area contributed by atoms with Gasteiger partial charge in [-0.05, 0) is 31.5 Å². The first-order valence-electron chi connectivity index (χ1n) is 10.5. The number of carbonyl (C=O) groups excluding carboxylic acids is 1. The maximum Gasteiger partial charge on any atom is 0.275 e. The van der Waals surface area contributed by atoms with Crippen LogP contribution in [0.25, 0.3) is 0 Å². The average molecular weight is 437 g/mol. The molecule has 3 rings (SSSR count). The number of rotatable bonds is 8. The van der Waals surface area contributed by atoms with Crippen LogP contribution in [0, 0.1) is 0 Å². The Morgan fingerprint density at radius 2 is 1.83 bits per heavy atom. The van der Waals surface area contributed by atoms with Gasteiger partial charge >= 0.3 is 0 Å². The Morgan fingerprint density at radius 3 is 2.48 bits per heavy atom. The second-order valence-electron chi connectivity index (χ2n) is 7.63. The van der Waals surface area contributed by atoms with Gasteiger partial charge in [-0.25, -0.2) is 4.98 Å². The summed E-state index contributed by atoms with van der Waals surface area (Å²) in [6, 6.07) is 5.44. The number of amides is 1. The molecule has 0 N–H and O–H groups in total. The summed E-state index contributed by atoms with van der Waals surface area (Å²) in [5, 5.41) is 1.13. The second-order valence-corrected chi connectivity index (χ2v) is 8.48. The van der Waals surface area contributed by atoms with Crippen molar-refractivity contribution in [2.24, 2.45) is 0 Å². The van der Waals surface area contributed by atoms with Gasteiger partial charge in [0.15, 0.2) is 11.5 Å². The van der Waals surface area contributed by atoms with Gasteiger partial charge in [-0.2, -0.15) is 0 Å². The number of halogens is 2. The number of imidazole rings is 1. The lowest BCUT2D eigenvalue weighted by molar-refractivity contribution is 0.0718. The molecule has 7 heteroatoms. The molecule has 2 heterocycles. The topological polar surface area (TPSA) is 41.4 Å². The fraction of sp³-hybridized carbons (Fsp3) is 0.545. The lowest BCUT2D eigenvalue weighted by Gasteiger charge is -2.40. The van der Waals surface area contributed by atoms with Gasteiger partial charge < -0.3 is 14.4 Å². The van der Waals surface area contributed by atoms with Crippen LogP contribution in [0.5, 0.6) is 0 Å². The van der Waals surface area contributed by atoms with E-state index in [0.717, 1.165) is 37.3 Å². The molecule has 1 aliphatic rings. The highest BCUT2D eigenvalue weighted by molar-refractivity contribution is 6.36. The molecule has 5 nitrogen and oxygen atoms in total. The predicted molar refractivity (Wildman–Crippen MR) is 121 cm³/mol. The number of anilines is 2. The molecule has 1 atom stereocenters. The number of fused-ring (bicyclic) bond motifs is 1. The fourth-order valence-corrected chi connectivity index (χ4v) is 4.43. The van der Waals surface area contributed by atoms with Gasteiger partial charge in [0.2, 0.25) is 0 Å². The van der Waals surface area contributed by atoms with Crippen LogP contribution in [-0.2, 0) is 13.0 Å². The standard InChI is InChI=1S/C22H30Cl2N4O/c1-5-7-8-9-10-13-27-19(6-2)25-21-20(27)22(29)26(4)15(3)28(21)18-12-11-16(23)14-17(18)24/h11-12,14-15H,5-10,13H2,1-4H3. The lowest BCUT2D eigenvalue weighted by Crippen LogP contribution is -2.50. The first kappa shape index (κ1) is 22.0. The Balaban J connectivity index is 2.03. The van der Waals surface area contributed by atoms with Crippen LogP contribution >= 0.6 is 23.2 Å². The van der Waals surface area contributed by atoms with Crippen LogP contribution in [0.3, 0.4) is 0 Å². The molecule has 0 saturated heterocycles. The number of unbranched alkanes of at least 4 members (excludes halogenated alkanes) is 4. The summed E-state index contributed by atoms with van der Waals surface area (Å²) in [7, 11) is 1.83. The molecule has 1 aromatic carbocycles. The number of hydrogen-bond acceptors (Lipinski definition) is 3. The zero-order chi connectivity index (χ0) is 21.1. The van der Waals surface area contributed by atoms with Crippen molar-refractivity contribution in [1.82, 2.24) is 14.5 Å². The minimum absolute atomic E-state index is 0.00888. The quantitative estimate of drug-likeness (QED) is 0.456. The monoisotopic (exact) mass is 436 g/mol. The van der Waals surface area contributed by atoms with E-state index in [2.05, 4.69) is 18.4 Å². The highest BCUT2D eigenvalue weighted by atomic mass is 35.5. The van der Waals surface area contributed by atoms with Crippen LogP contribution in [-0.4, -0.2) is 33.6 Å². The number of aromatic nitrogens is 2. The maximum absolute atomic E-state index is 13.2. The fourth-order valence-electron chi connectivity index (χ4n) is 3.93. The van der Waals surface area contributed by atoms with Crippen LogP contribution in [0.15, 0.2) is 18.2 Å². The Kier molecular flexibility index (Phi) is 7.12. The summed E-state index contributed by atoms with van der Waals surface area (Å²) >= 11 is 12.6. The van der Waals surface area contributed by atoms with Gasteiger partial charge in [-0.3, -0.25) is 4.79 Å². The van der Waals surface area contributed by atoms with Crippen LogP contribution in [0.4, 0.5) is 11.5 Å². The largest absolute Gasteiger partial charge is 0.322 e. The first-order chi connectivity index (χ1) is 13.9. The molecule has 1 aliphatic heterocycles. The van der Waals surface area contributed by atoms with Crippen molar-refractivity contribution in [3.8, 4) is 0 Å². The molecule has 0 aliphatic carbocycles. The van der Waals surface area contributed by atoms with Crippen LogP contribution in [0.2, 0.25) is 10.0 Å².